The van der Waals surface area contributed by atoms with Crippen LogP contribution in [0.15, 0.2) is 30.5 Å². The van der Waals surface area contributed by atoms with Crippen LogP contribution >= 0.6 is 11.6 Å². The average Bonchev–Trinajstić information content (AvgIpc) is 3.17. The molecule has 0 aliphatic carbocycles. The first-order valence-corrected chi connectivity index (χ1v) is 7.75. The summed E-state index contributed by atoms with van der Waals surface area (Å²) in [5, 5.41) is 4.23. The van der Waals surface area contributed by atoms with Crippen molar-refractivity contribution in [1.29, 1.82) is 0 Å². The third kappa shape index (κ3) is 3.64. The van der Waals surface area contributed by atoms with Gasteiger partial charge in [-0.2, -0.15) is 0 Å². The minimum absolute atomic E-state index is 0.337. The summed E-state index contributed by atoms with van der Waals surface area (Å²) in [5.74, 6) is 0.869. The van der Waals surface area contributed by atoms with Crippen LogP contribution in [0, 0.1) is 0 Å². The Balaban J connectivity index is 1.58. The molecular formula is C16H20ClN3O. The highest BCUT2D eigenvalue weighted by atomic mass is 35.5. The van der Waals surface area contributed by atoms with Gasteiger partial charge in [0.25, 0.3) is 0 Å². The lowest BCUT2D eigenvalue weighted by Gasteiger charge is -2.19. The van der Waals surface area contributed by atoms with Crippen molar-refractivity contribution in [3.05, 3.63) is 41.2 Å². The van der Waals surface area contributed by atoms with Crippen LogP contribution in [0.4, 0.5) is 0 Å². The Morgan fingerprint density at radius 2 is 2.24 bits per heavy atom. The van der Waals surface area contributed by atoms with Gasteiger partial charge in [0.1, 0.15) is 5.82 Å². The second kappa shape index (κ2) is 6.60. The van der Waals surface area contributed by atoms with Gasteiger partial charge in [-0.15, -0.1) is 0 Å². The Labute approximate surface area is 129 Å². The number of hydrogen-bond acceptors (Lipinski definition) is 3. The van der Waals surface area contributed by atoms with E-state index in [0.29, 0.717) is 12.1 Å². The Hall–Kier alpha value is -1.36. The molecule has 1 saturated heterocycles. The molecule has 4 nitrogen and oxygen atoms in total. The van der Waals surface area contributed by atoms with Crippen molar-refractivity contribution < 1.29 is 4.74 Å². The molecule has 3 rings (SSSR count). The molecule has 21 heavy (non-hydrogen) atoms. The zero-order chi connectivity index (χ0) is 14.7. The van der Waals surface area contributed by atoms with Crippen molar-refractivity contribution >= 4 is 11.6 Å². The Kier molecular flexibility index (Phi) is 4.58. The number of benzene rings is 1. The van der Waals surface area contributed by atoms with E-state index in [-0.39, 0.29) is 0 Å². The normalized spacial score (nSPS) is 19.8. The van der Waals surface area contributed by atoms with E-state index >= 15 is 0 Å². The largest absolute Gasteiger partial charge is 0.377 e. The fourth-order valence-corrected chi connectivity index (χ4v) is 2.73. The Morgan fingerprint density at radius 1 is 1.43 bits per heavy atom. The first kappa shape index (κ1) is 14.6. The van der Waals surface area contributed by atoms with Crippen LogP contribution in [0.2, 0.25) is 5.02 Å². The molecular weight excluding hydrogens is 286 g/mol. The van der Waals surface area contributed by atoms with Crippen LogP contribution in [0.5, 0.6) is 0 Å². The molecule has 2 aromatic rings. The fourth-order valence-electron chi connectivity index (χ4n) is 2.60. The highest BCUT2D eigenvalue weighted by molar-refractivity contribution is 6.30. The van der Waals surface area contributed by atoms with E-state index in [1.165, 1.54) is 6.42 Å². The molecule has 1 aromatic carbocycles. The minimum Gasteiger partial charge on any atom is -0.377 e. The van der Waals surface area contributed by atoms with Gasteiger partial charge in [0.05, 0.1) is 6.10 Å². The lowest BCUT2D eigenvalue weighted by Crippen LogP contribution is -2.36. The first-order chi connectivity index (χ1) is 10.2. The lowest BCUT2D eigenvalue weighted by atomic mass is 10.1. The molecule has 2 N–H and O–H groups in total. The van der Waals surface area contributed by atoms with Gasteiger partial charge < -0.3 is 15.0 Å². The van der Waals surface area contributed by atoms with Gasteiger partial charge in [-0.3, -0.25) is 0 Å². The van der Waals surface area contributed by atoms with Crippen molar-refractivity contribution in [2.24, 2.45) is 0 Å². The van der Waals surface area contributed by atoms with E-state index in [0.717, 1.165) is 41.7 Å². The Morgan fingerprint density at radius 3 is 2.95 bits per heavy atom. The van der Waals surface area contributed by atoms with E-state index in [1.807, 2.05) is 30.5 Å². The molecule has 0 bridgehead atoms. The zero-order valence-electron chi connectivity index (χ0n) is 12.1. The molecule has 0 radical (unpaired) electrons. The highest BCUT2D eigenvalue weighted by Gasteiger charge is 2.21. The number of ether oxygens (including phenoxy) is 1. The number of rotatable bonds is 5. The standard InChI is InChI=1S/C16H20ClN3O/c1-11(15-3-2-8-21-15)18-9-14-10-19-16(20-14)12-4-6-13(17)7-5-12/h4-7,10-11,15,18H,2-3,8-9H2,1H3,(H,19,20). The maximum absolute atomic E-state index is 5.90. The summed E-state index contributed by atoms with van der Waals surface area (Å²) in [6.07, 6.45) is 4.53. The summed E-state index contributed by atoms with van der Waals surface area (Å²) in [5.41, 5.74) is 2.11. The molecule has 2 heterocycles. The smallest absolute Gasteiger partial charge is 0.137 e. The summed E-state index contributed by atoms with van der Waals surface area (Å²) in [4.78, 5) is 7.76. The van der Waals surface area contributed by atoms with Crippen LogP contribution in [-0.4, -0.2) is 28.7 Å². The van der Waals surface area contributed by atoms with Crippen molar-refractivity contribution in [3.8, 4) is 11.4 Å². The molecule has 2 atom stereocenters. The number of halogens is 1. The molecule has 0 spiro atoms. The Bertz CT molecular complexity index is 575. The van der Waals surface area contributed by atoms with E-state index in [9.17, 15) is 0 Å². The predicted molar refractivity (Wildman–Crippen MR) is 84.3 cm³/mol. The van der Waals surface area contributed by atoms with Crippen LogP contribution in [0.1, 0.15) is 25.5 Å². The number of aromatic nitrogens is 2. The van der Waals surface area contributed by atoms with Crippen LogP contribution in [-0.2, 0) is 11.3 Å². The van der Waals surface area contributed by atoms with Crippen LogP contribution < -0.4 is 5.32 Å². The maximum atomic E-state index is 5.90. The molecule has 0 saturated carbocycles. The third-order valence-electron chi connectivity index (χ3n) is 3.88. The molecule has 112 valence electrons. The molecule has 1 aromatic heterocycles. The van der Waals surface area contributed by atoms with Gasteiger partial charge in [-0.05, 0) is 44.0 Å². The van der Waals surface area contributed by atoms with Crippen molar-refractivity contribution in [1.82, 2.24) is 15.3 Å². The number of hydrogen-bond donors (Lipinski definition) is 2. The summed E-state index contributed by atoms with van der Waals surface area (Å²) in [6.45, 7) is 3.83. The summed E-state index contributed by atoms with van der Waals surface area (Å²) in [7, 11) is 0. The summed E-state index contributed by atoms with van der Waals surface area (Å²) < 4.78 is 5.69. The van der Waals surface area contributed by atoms with E-state index in [4.69, 9.17) is 16.3 Å². The van der Waals surface area contributed by atoms with Crippen molar-refractivity contribution in [3.63, 3.8) is 0 Å². The third-order valence-corrected chi connectivity index (χ3v) is 4.14. The molecule has 1 aliphatic heterocycles. The zero-order valence-corrected chi connectivity index (χ0v) is 12.9. The van der Waals surface area contributed by atoms with Crippen LogP contribution in [0.3, 0.4) is 0 Å². The van der Waals surface area contributed by atoms with Crippen molar-refractivity contribution in [2.75, 3.05) is 6.61 Å². The number of nitrogens with zero attached hydrogens (tertiary/aromatic N) is 1. The van der Waals surface area contributed by atoms with Gasteiger partial charge in [-0.1, -0.05) is 11.6 Å². The second-order valence-electron chi connectivity index (χ2n) is 5.48. The predicted octanol–water partition coefficient (Wildman–Crippen LogP) is 3.39. The topological polar surface area (TPSA) is 49.9 Å². The summed E-state index contributed by atoms with van der Waals surface area (Å²) >= 11 is 5.90. The van der Waals surface area contributed by atoms with E-state index < -0.39 is 0 Å². The first-order valence-electron chi connectivity index (χ1n) is 7.37. The van der Waals surface area contributed by atoms with Gasteiger partial charge in [0.2, 0.25) is 0 Å². The molecule has 5 heteroatoms. The number of nitrogens with one attached hydrogen (secondary N) is 2. The van der Waals surface area contributed by atoms with Crippen LogP contribution in [0.25, 0.3) is 11.4 Å². The number of H-pyrrole nitrogens is 1. The van der Waals surface area contributed by atoms with Gasteiger partial charge in [0.15, 0.2) is 0 Å². The minimum atomic E-state index is 0.337. The molecule has 0 amide bonds. The van der Waals surface area contributed by atoms with E-state index in [2.05, 4.69) is 22.2 Å². The quantitative estimate of drug-likeness (QED) is 0.890. The van der Waals surface area contributed by atoms with Gasteiger partial charge in [0, 0.05) is 41.7 Å². The molecule has 1 fully saturated rings. The SMILES string of the molecule is CC(NCc1cnc(-c2ccc(Cl)cc2)[nH]1)C1CCCO1. The molecule has 2 unspecified atom stereocenters. The second-order valence-corrected chi connectivity index (χ2v) is 5.92. The van der Waals surface area contributed by atoms with Gasteiger partial charge >= 0.3 is 0 Å². The number of imidazole rings is 1. The maximum Gasteiger partial charge on any atom is 0.137 e. The van der Waals surface area contributed by atoms with E-state index in [1.54, 1.807) is 0 Å². The fraction of sp³-hybridized carbons (Fsp3) is 0.438. The summed E-state index contributed by atoms with van der Waals surface area (Å²) in [6, 6.07) is 8.03. The number of aromatic amines is 1. The lowest BCUT2D eigenvalue weighted by molar-refractivity contribution is 0.0831. The monoisotopic (exact) mass is 305 g/mol. The average molecular weight is 306 g/mol. The highest BCUT2D eigenvalue weighted by Crippen LogP contribution is 2.19. The van der Waals surface area contributed by atoms with Gasteiger partial charge in [-0.25, -0.2) is 4.98 Å². The molecule has 1 aliphatic rings. The van der Waals surface area contributed by atoms with Crippen molar-refractivity contribution in [2.45, 2.75) is 38.5 Å².